The normalized spacial score (nSPS) is 11.6. The third-order valence-corrected chi connectivity index (χ3v) is 5.15. The first-order chi connectivity index (χ1) is 12.1. The van der Waals surface area contributed by atoms with E-state index in [1.807, 2.05) is 59.9 Å². The highest BCUT2D eigenvalue weighted by molar-refractivity contribution is 7.21. The van der Waals surface area contributed by atoms with E-state index in [1.165, 1.54) is 16.9 Å². The highest BCUT2D eigenvalue weighted by Gasteiger charge is 2.18. The van der Waals surface area contributed by atoms with E-state index < -0.39 is 0 Å². The molecule has 0 spiro atoms. The molecular formula is C18H12Cl2N4S. The summed E-state index contributed by atoms with van der Waals surface area (Å²) in [7, 11) is 0. The standard InChI is InChI=1S/C18H12Cl2N4S/c1-11-6-8-12(9-7-11)22-23-17-16(13-4-2-3-5-14(13)19)24-10-15(20)21-18(24)25-17/h2-10H,1H3. The van der Waals surface area contributed by atoms with E-state index in [2.05, 4.69) is 15.2 Å². The van der Waals surface area contributed by atoms with Gasteiger partial charge in [-0.05, 0) is 25.1 Å². The number of halogens is 2. The SMILES string of the molecule is Cc1ccc(N=Nc2sc3nc(Cl)cn3c2-c2ccccc2Cl)cc1. The van der Waals surface area contributed by atoms with Gasteiger partial charge < -0.3 is 0 Å². The lowest BCUT2D eigenvalue weighted by Gasteiger charge is -2.04. The number of rotatable bonds is 3. The molecule has 0 unspecified atom stereocenters. The molecule has 0 amide bonds. The molecule has 0 aliphatic heterocycles. The van der Waals surface area contributed by atoms with Gasteiger partial charge in [0.25, 0.3) is 0 Å². The molecule has 0 N–H and O–H groups in total. The van der Waals surface area contributed by atoms with Crippen molar-refractivity contribution >= 4 is 50.2 Å². The molecule has 4 rings (SSSR count). The Morgan fingerprint density at radius 1 is 1.00 bits per heavy atom. The molecular weight excluding hydrogens is 375 g/mol. The molecule has 0 saturated carbocycles. The minimum Gasteiger partial charge on any atom is -0.286 e. The molecule has 0 aliphatic rings. The van der Waals surface area contributed by atoms with Gasteiger partial charge in [0.1, 0.15) is 5.15 Å². The molecule has 0 bridgehead atoms. The minimum absolute atomic E-state index is 0.432. The molecule has 7 heteroatoms. The van der Waals surface area contributed by atoms with Gasteiger partial charge in [-0.3, -0.25) is 4.40 Å². The Bertz CT molecular complexity index is 1080. The first-order valence-electron chi connectivity index (χ1n) is 7.52. The van der Waals surface area contributed by atoms with Gasteiger partial charge in [0.05, 0.1) is 16.4 Å². The van der Waals surface area contributed by atoms with Crippen LogP contribution in [-0.2, 0) is 0 Å². The van der Waals surface area contributed by atoms with Crippen LogP contribution in [0.3, 0.4) is 0 Å². The average molecular weight is 387 g/mol. The van der Waals surface area contributed by atoms with Crippen LogP contribution in [0.4, 0.5) is 10.7 Å². The van der Waals surface area contributed by atoms with Crippen LogP contribution in [0.25, 0.3) is 16.2 Å². The van der Waals surface area contributed by atoms with Crippen LogP contribution in [0.2, 0.25) is 10.2 Å². The molecule has 0 fully saturated rings. The van der Waals surface area contributed by atoms with Crippen LogP contribution in [0.1, 0.15) is 5.56 Å². The molecule has 4 aromatic rings. The zero-order valence-corrected chi connectivity index (χ0v) is 15.5. The molecule has 2 heterocycles. The van der Waals surface area contributed by atoms with E-state index in [0.717, 1.165) is 26.9 Å². The fraction of sp³-hybridized carbons (Fsp3) is 0.0556. The van der Waals surface area contributed by atoms with Crippen LogP contribution in [-0.4, -0.2) is 9.38 Å². The number of azo groups is 1. The van der Waals surface area contributed by atoms with E-state index in [4.69, 9.17) is 23.2 Å². The Kier molecular flexibility index (Phi) is 4.29. The summed E-state index contributed by atoms with van der Waals surface area (Å²) in [6.07, 6.45) is 1.76. The molecule has 2 aromatic heterocycles. The van der Waals surface area contributed by atoms with Crippen molar-refractivity contribution in [1.29, 1.82) is 0 Å². The summed E-state index contributed by atoms with van der Waals surface area (Å²) in [5.41, 5.74) is 3.67. The van der Waals surface area contributed by atoms with E-state index in [-0.39, 0.29) is 0 Å². The molecule has 25 heavy (non-hydrogen) atoms. The second-order valence-corrected chi connectivity index (χ2v) is 7.24. The van der Waals surface area contributed by atoms with Gasteiger partial charge in [0.15, 0.2) is 9.96 Å². The van der Waals surface area contributed by atoms with Gasteiger partial charge in [-0.2, -0.15) is 0 Å². The predicted octanol–water partition coefficient (Wildman–Crippen LogP) is 7.09. The van der Waals surface area contributed by atoms with Gasteiger partial charge in [0.2, 0.25) is 0 Å². The summed E-state index contributed by atoms with van der Waals surface area (Å²) in [6, 6.07) is 15.5. The third-order valence-electron chi connectivity index (χ3n) is 3.69. The number of thiazole rings is 1. The van der Waals surface area contributed by atoms with Crippen LogP contribution >= 0.6 is 34.5 Å². The molecule has 0 atom stereocenters. The predicted molar refractivity (Wildman–Crippen MR) is 104 cm³/mol. The Morgan fingerprint density at radius 2 is 1.76 bits per heavy atom. The van der Waals surface area contributed by atoms with Crippen LogP contribution in [0, 0.1) is 6.92 Å². The van der Waals surface area contributed by atoms with E-state index in [1.54, 1.807) is 6.20 Å². The number of nitrogens with zero attached hydrogens (tertiary/aromatic N) is 4. The molecule has 0 aliphatic carbocycles. The van der Waals surface area contributed by atoms with Crippen molar-refractivity contribution in [2.45, 2.75) is 6.92 Å². The lowest BCUT2D eigenvalue weighted by molar-refractivity contribution is 1.20. The summed E-state index contributed by atoms with van der Waals surface area (Å²) in [5.74, 6) is 0. The maximum Gasteiger partial charge on any atom is 0.197 e. The van der Waals surface area contributed by atoms with Crippen molar-refractivity contribution in [1.82, 2.24) is 9.38 Å². The maximum atomic E-state index is 6.40. The van der Waals surface area contributed by atoms with Gasteiger partial charge >= 0.3 is 0 Å². The van der Waals surface area contributed by atoms with Gasteiger partial charge in [-0.1, -0.05) is 70.4 Å². The van der Waals surface area contributed by atoms with E-state index in [0.29, 0.717) is 10.2 Å². The smallest absolute Gasteiger partial charge is 0.197 e. The number of fused-ring (bicyclic) bond motifs is 1. The zero-order valence-electron chi connectivity index (χ0n) is 13.1. The van der Waals surface area contributed by atoms with Crippen LogP contribution in [0.5, 0.6) is 0 Å². The Balaban J connectivity index is 1.86. The van der Waals surface area contributed by atoms with E-state index in [9.17, 15) is 0 Å². The number of imidazole rings is 1. The van der Waals surface area contributed by atoms with E-state index >= 15 is 0 Å². The molecule has 4 nitrogen and oxygen atoms in total. The minimum atomic E-state index is 0.432. The quantitative estimate of drug-likeness (QED) is 0.346. The average Bonchev–Trinajstić information content (AvgIpc) is 3.10. The Morgan fingerprint density at radius 3 is 2.52 bits per heavy atom. The van der Waals surface area contributed by atoms with Crippen molar-refractivity contribution in [2.75, 3.05) is 0 Å². The number of benzene rings is 2. The molecule has 0 saturated heterocycles. The summed E-state index contributed by atoms with van der Waals surface area (Å²) in [5, 5.41) is 10.6. The first-order valence-corrected chi connectivity index (χ1v) is 9.10. The highest BCUT2D eigenvalue weighted by Crippen LogP contribution is 2.42. The Labute approximate surface area is 158 Å². The molecule has 124 valence electrons. The summed E-state index contributed by atoms with van der Waals surface area (Å²) in [4.78, 5) is 5.07. The second-order valence-electron chi connectivity index (χ2n) is 5.49. The fourth-order valence-corrected chi connectivity index (χ4v) is 3.89. The second kappa shape index (κ2) is 6.59. The van der Waals surface area contributed by atoms with Crippen molar-refractivity contribution in [2.24, 2.45) is 10.2 Å². The zero-order chi connectivity index (χ0) is 17.4. The fourth-order valence-electron chi connectivity index (χ4n) is 2.49. The summed E-state index contributed by atoms with van der Waals surface area (Å²) < 4.78 is 1.90. The lowest BCUT2D eigenvalue weighted by Crippen LogP contribution is -1.85. The van der Waals surface area contributed by atoms with Crippen molar-refractivity contribution in [3.05, 3.63) is 70.5 Å². The van der Waals surface area contributed by atoms with Crippen molar-refractivity contribution in [3.63, 3.8) is 0 Å². The van der Waals surface area contributed by atoms with Crippen molar-refractivity contribution < 1.29 is 0 Å². The number of aromatic nitrogens is 2. The Hall–Kier alpha value is -2.21. The topological polar surface area (TPSA) is 42.0 Å². The highest BCUT2D eigenvalue weighted by atomic mass is 35.5. The van der Waals surface area contributed by atoms with Crippen LogP contribution in [0.15, 0.2) is 65.0 Å². The monoisotopic (exact) mass is 386 g/mol. The molecule has 0 radical (unpaired) electrons. The van der Waals surface area contributed by atoms with Crippen molar-refractivity contribution in [3.8, 4) is 11.3 Å². The number of hydrogen-bond acceptors (Lipinski definition) is 4. The summed E-state index contributed by atoms with van der Waals surface area (Å²) in [6.45, 7) is 2.04. The van der Waals surface area contributed by atoms with Crippen LogP contribution < -0.4 is 0 Å². The number of aryl methyl sites for hydroxylation is 1. The third kappa shape index (κ3) is 3.18. The number of hydrogen-bond donors (Lipinski definition) is 0. The lowest BCUT2D eigenvalue weighted by atomic mass is 10.1. The largest absolute Gasteiger partial charge is 0.286 e. The van der Waals surface area contributed by atoms with Gasteiger partial charge in [0, 0.05) is 11.8 Å². The first kappa shape index (κ1) is 16.3. The maximum absolute atomic E-state index is 6.40. The van der Waals surface area contributed by atoms with Gasteiger partial charge in [-0.15, -0.1) is 10.2 Å². The molecule has 2 aromatic carbocycles. The summed E-state index contributed by atoms with van der Waals surface area (Å²) >= 11 is 13.9. The van der Waals surface area contributed by atoms with Gasteiger partial charge in [-0.25, -0.2) is 4.98 Å².